The summed E-state index contributed by atoms with van der Waals surface area (Å²) in [5.74, 6) is 0.848. The number of phenolic OH excluding ortho intramolecular Hbond substituents is 1. The van der Waals surface area contributed by atoms with E-state index in [2.05, 4.69) is 15.3 Å². The van der Waals surface area contributed by atoms with Crippen molar-refractivity contribution in [1.82, 2.24) is 9.97 Å². The number of nitrogens with two attached hydrogens (primary N) is 1. The van der Waals surface area contributed by atoms with Gasteiger partial charge in [0, 0.05) is 25.7 Å². The third-order valence-electron chi connectivity index (χ3n) is 2.50. The van der Waals surface area contributed by atoms with Gasteiger partial charge in [-0.2, -0.15) is 0 Å². The summed E-state index contributed by atoms with van der Waals surface area (Å²) in [6.07, 6.45) is 2.27. The molecule has 0 radical (unpaired) electrons. The summed E-state index contributed by atoms with van der Waals surface area (Å²) < 4.78 is 0. The van der Waals surface area contributed by atoms with E-state index in [1.54, 1.807) is 18.3 Å². The molecule has 1 heterocycles. The van der Waals surface area contributed by atoms with Gasteiger partial charge >= 0.3 is 0 Å². The lowest BCUT2D eigenvalue weighted by atomic mass is 10.1. The molecule has 0 spiro atoms. The summed E-state index contributed by atoms with van der Waals surface area (Å²) in [5.41, 5.74) is 7.11. The Labute approximate surface area is 106 Å². The summed E-state index contributed by atoms with van der Waals surface area (Å²) >= 11 is 0. The van der Waals surface area contributed by atoms with Gasteiger partial charge in [0.25, 0.3) is 0 Å². The number of para-hydroxylation sites is 1. The van der Waals surface area contributed by atoms with E-state index in [4.69, 9.17) is 5.73 Å². The van der Waals surface area contributed by atoms with Crippen molar-refractivity contribution < 1.29 is 5.11 Å². The Bertz CT molecular complexity index is 516. The number of hydrogen-bond acceptors (Lipinski definition) is 5. The zero-order valence-corrected chi connectivity index (χ0v) is 10.0. The molecule has 5 nitrogen and oxygen atoms in total. The average molecular weight is 244 g/mol. The first-order chi connectivity index (χ1) is 8.79. The fourth-order valence-electron chi connectivity index (χ4n) is 1.62. The van der Waals surface area contributed by atoms with Crippen molar-refractivity contribution in [2.24, 2.45) is 5.73 Å². The van der Waals surface area contributed by atoms with Crippen LogP contribution in [0.4, 0.5) is 5.95 Å². The molecule has 0 aliphatic heterocycles. The molecule has 0 aliphatic carbocycles. The van der Waals surface area contributed by atoms with Crippen LogP contribution in [-0.4, -0.2) is 28.2 Å². The lowest BCUT2D eigenvalue weighted by Crippen LogP contribution is -2.15. The minimum Gasteiger partial charge on any atom is -0.508 e. The third kappa shape index (κ3) is 3.18. The molecule has 0 atom stereocenters. The number of nitrogens with zero attached hydrogens (tertiary/aromatic N) is 2. The lowest BCUT2D eigenvalue weighted by molar-refractivity contribution is 0.469. The number of nitrogens with one attached hydrogen (secondary N) is 1. The molecule has 1 aromatic carbocycles. The van der Waals surface area contributed by atoms with Gasteiger partial charge in [0.1, 0.15) is 5.75 Å². The maximum atomic E-state index is 9.71. The smallest absolute Gasteiger partial charge is 0.222 e. The van der Waals surface area contributed by atoms with Crippen molar-refractivity contribution in [3.05, 3.63) is 47.8 Å². The number of aromatic nitrogens is 2. The highest BCUT2D eigenvalue weighted by Gasteiger charge is 2.04. The quantitative estimate of drug-likeness (QED) is 0.734. The molecule has 0 saturated heterocycles. The van der Waals surface area contributed by atoms with E-state index in [1.807, 2.05) is 18.2 Å². The molecule has 0 fully saturated rings. The van der Waals surface area contributed by atoms with E-state index in [-0.39, 0.29) is 5.75 Å². The van der Waals surface area contributed by atoms with Gasteiger partial charge in [0.05, 0.1) is 5.69 Å². The molecule has 94 valence electrons. The van der Waals surface area contributed by atoms with Crippen molar-refractivity contribution in [1.29, 1.82) is 0 Å². The van der Waals surface area contributed by atoms with Crippen LogP contribution in [-0.2, 0) is 6.42 Å². The fraction of sp³-hybridized carbons (Fsp3) is 0.231. The van der Waals surface area contributed by atoms with Crippen molar-refractivity contribution >= 4 is 5.95 Å². The van der Waals surface area contributed by atoms with Crippen LogP contribution in [0.5, 0.6) is 5.75 Å². The van der Waals surface area contributed by atoms with E-state index in [0.29, 0.717) is 25.5 Å². The second kappa shape index (κ2) is 5.97. The molecule has 0 unspecified atom stereocenters. The van der Waals surface area contributed by atoms with Crippen LogP contribution in [0.1, 0.15) is 11.3 Å². The molecule has 0 amide bonds. The lowest BCUT2D eigenvalue weighted by Gasteiger charge is -2.06. The molecule has 2 aromatic rings. The Morgan fingerprint density at radius 3 is 2.83 bits per heavy atom. The van der Waals surface area contributed by atoms with Gasteiger partial charge < -0.3 is 16.2 Å². The van der Waals surface area contributed by atoms with Crippen molar-refractivity contribution in [3.8, 4) is 5.75 Å². The Balaban J connectivity index is 2.12. The first kappa shape index (κ1) is 12.3. The SMILES string of the molecule is NCCNc1nccc(Cc2ccccc2O)n1. The molecular formula is C13H16N4O. The van der Waals surface area contributed by atoms with Crippen LogP contribution < -0.4 is 11.1 Å². The van der Waals surface area contributed by atoms with E-state index >= 15 is 0 Å². The minimum absolute atomic E-state index is 0.285. The second-order valence-corrected chi connectivity index (χ2v) is 3.89. The van der Waals surface area contributed by atoms with E-state index in [0.717, 1.165) is 11.3 Å². The summed E-state index contributed by atoms with van der Waals surface area (Å²) in [5, 5.41) is 12.7. The number of aromatic hydroxyl groups is 1. The number of anilines is 1. The summed E-state index contributed by atoms with van der Waals surface area (Å²) in [4.78, 5) is 8.46. The van der Waals surface area contributed by atoms with E-state index < -0.39 is 0 Å². The largest absolute Gasteiger partial charge is 0.508 e. The Morgan fingerprint density at radius 2 is 2.06 bits per heavy atom. The molecule has 4 N–H and O–H groups in total. The maximum absolute atomic E-state index is 9.71. The van der Waals surface area contributed by atoms with Gasteiger partial charge in [-0.1, -0.05) is 18.2 Å². The number of hydrogen-bond donors (Lipinski definition) is 3. The second-order valence-electron chi connectivity index (χ2n) is 3.89. The van der Waals surface area contributed by atoms with Crippen molar-refractivity contribution in [2.75, 3.05) is 18.4 Å². The van der Waals surface area contributed by atoms with Crippen LogP contribution in [0.2, 0.25) is 0 Å². The Morgan fingerprint density at radius 1 is 1.22 bits per heavy atom. The highest BCUT2D eigenvalue weighted by atomic mass is 16.3. The highest BCUT2D eigenvalue weighted by molar-refractivity contribution is 5.36. The summed E-state index contributed by atoms with van der Waals surface area (Å²) in [6.45, 7) is 1.17. The third-order valence-corrected chi connectivity index (χ3v) is 2.50. The molecule has 2 rings (SSSR count). The Kier molecular flexibility index (Phi) is 4.09. The van der Waals surface area contributed by atoms with Crippen LogP contribution >= 0.6 is 0 Å². The van der Waals surface area contributed by atoms with Gasteiger partial charge in [-0.3, -0.25) is 0 Å². The van der Waals surface area contributed by atoms with E-state index in [1.165, 1.54) is 0 Å². The summed E-state index contributed by atoms with van der Waals surface area (Å²) in [6, 6.07) is 9.07. The van der Waals surface area contributed by atoms with Gasteiger partial charge in [-0.15, -0.1) is 0 Å². The maximum Gasteiger partial charge on any atom is 0.222 e. The van der Waals surface area contributed by atoms with Crippen LogP contribution in [0.15, 0.2) is 36.5 Å². The summed E-state index contributed by atoms with van der Waals surface area (Å²) in [7, 11) is 0. The first-order valence-electron chi connectivity index (χ1n) is 5.82. The topological polar surface area (TPSA) is 84.1 Å². The number of phenols is 1. The number of benzene rings is 1. The average Bonchev–Trinajstić information content (AvgIpc) is 2.40. The minimum atomic E-state index is 0.285. The Hall–Kier alpha value is -2.14. The zero-order chi connectivity index (χ0) is 12.8. The monoisotopic (exact) mass is 244 g/mol. The van der Waals surface area contributed by atoms with Gasteiger partial charge in [0.2, 0.25) is 5.95 Å². The van der Waals surface area contributed by atoms with E-state index in [9.17, 15) is 5.11 Å². The van der Waals surface area contributed by atoms with Gasteiger partial charge in [-0.25, -0.2) is 9.97 Å². The molecule has 18 heavy (non-hydrogen) atoms. The van der Waals surface area contributed by atoms with Gasteiger partial charge in [-0.05, 0) is 17.7 Å². The predicted molar refractivity (Wildman–Crippen MR) is 70.5 cm³/mol. The molecule has 1 aromatic heterocycles. The molecular weight excluding hydrogens is 228 g/mol. The van der Waals surface area contributed by atoms with Crippen LogP contribution in [0.3, 0.4) is 0 Å². The molecule has 0 saturated carbocycles. The number of rotatable bonds is 5. The first-order valence-corrected chi connectivity index (χ1v) is 5.82. The van der Waals surface area contributed by atoms with Gasteiger partial charge in [0.15, 0.2) is 0 Å². The highest BCUT2D eigenvalue weighted by Crippen LogP contribution is 2.18. The molecule has 0 bridgehead atoms. The normalized spacial score (nSPS) is 10.3. The predicted octanol–water partition coefficient (Wildman–Crippen LogP) is 1.14. The standard InChI is InChI=1S/C13H16N4O/c14-6-8-16-13-15-7-5-11(17-13)9-10-3-1-2-4-12(10)18/h1-5,7,18H,6,8-9,14H2,(H,15,16,17). The zero-order valence-electron chi connectivity index (χ0n) is 10.0. The van der Waals surface area contributed by atoms with Crippen molar-refractivity contribution in [3.63, 3.8) is 0 Å². The molecule has 5 heteroatoms. The molecule has 0 aliphatic rings. The van der Waals surface area contributed by atoms with Crippen molar-refractivity contribution in [2.45, 2.75) is 6.42 Å². The van der Waals surface area contributed by atoms with Crippen LogP contribution in [0.25, 0.3) is 0 Å². The van der Waals surface area contributed by atoms with Crippen LogP contribution in [0, 0.1) is 0 Å². The fourth-order valence-corrected chi connectivity index (χ4v) is 1.62.